The highest BCUT2D eigenvalue weighted by molar-refractivity contribution is 5.75. The fourth-order valence-electron chi connectivity index (χ4n) is 1.40. The molecule has 0 bridgehead atoms. The van der Waals surface area contributed by atoms with Gasteiger partial charge in [-0.1, -0.05) is 12.1 Å². The van der Waals surface area contributed by atoms with Crippen molar-refractivity contribution in [3.63, 3.8) is 0 Å². The van der Waals surface area contributed by atoms with E-state index in [4.69, 9.17) is 0 Å². The summed E-state index contributed by atoms with van der Waals surface area (Å²) in [4.78, 5) is 21.3. The summed E-state index contributed by atoms with van der Waals surface area (Å²) >= 11 is 0. The van der Waals surface area contributed by atoms with Crippen LogP contribution in [-0.2, 0) is 9.53 Å². The second-order valence-electron chi connectivity index (χ2n) is 3.39. The van der Waals surface area contributed by atoms with Gasteiger partial charge in [-0.2, -0.15) is 0 Å². The number of nitrogens with zero attached hydrogens (tertiary/aromatic N) is 1. The van der Waals surface area contributed by atoms with Gasteiger partial charge in [0.2, 0.25) is 6.04 Å². The summed E-state index contributed by atoms with van der Waals surface area (Å²) in [7, 11) is 1.16. The van der Waals surface area contributed by atoms with E-state index in [9.17, 15) is 20.0 Å². The Morgan fingerprint density at radius 3 is 2.56 bits per heavy atom. The lowest BCUT2D eigenvalue weighted by Crippen LogP contribution is -3.00. The van der Waals surface area contributed by atoms with Crippen LogP contribution < -0.4 is 18.1 Å². The van der Waals surface area contributed by atoms with Crippen molar-refractivity contribution in [2.24, 2.45) is 0 Å². The van der Waals surface area contributed by atoms with Crippen molar-refractivity contribution in [3.8, 4) is 0 Å². The van der Waals surface area contributed by atoms with Crippen molar-refractivity contribution < 1.29 is 37.7 Å². The van der Waals surface area contributed by atoms with Crippen LogP contribution in [0, 0.1) is 10.1 Å². The van der Waals surface area contributed by atoms with Crippen LogP contribution >= 0.6 is 0 Å². The maximum Gasteiger partial charge on any atom is 0.367 e. The van der Waals surface area contributed by atoms with Gasteiger partial charge in [0.1, 0.15) is 6.10 Å². The first-order valence-electron chi connectivity index (χ1n) is 4.81. The molecule has 1 aromatic rings. The molecule has 4 N–H and O–H groups in total. The smallest absolute Gasteiger partial charge is 0.367 e. The number of quaternary nitrogens is 1. The molecule has 0 aliphatic heterocycles. The lowest BCUT2D eigenvalue weighted by Gasteiger charge is -2.13. The summed E-state index contributed by atoms with van der Waals surface area (Å²) in [5, 5.41) is 20.6. The summed E-state index contributed by atoms with van der Waals surface area (Å²) in [5.41, 5.74) is 3.23. The highest BCUT2D eigenvalue weighted by Crippen LogP contribution is 2.25. The molecule has 0 aliphatic rings. The summed E-state index contributed by atoms with van der Waals surface area (Å²) in [6, 6.07) is 4.54. The maximum atomic E-state index is 11.2. The van der Waals surface area contributed by atoms with E-state index < -0.39 is 23.0 Å². The van der Waals surface area contributed by atoms with Crippen molar-refractivity contribution in [2.45, 2.75) is 12.1 Å². The molecule has 0 heterocycles. The SMILES string of the molecule is COC(=O)[C@@H]([NH3+])[C@H](O)c1ccccc1[N+](=O)[O-].[Cl-]. The second kappa shape index (κ2) is 6.90. The monoisotopic (exact) mass is 276 g/mol. The molecule has 0 aliphatic carbocycles. The zero-order valence-electron chi connectivity index (χ0n) is 9.58. The number of hydrogen-bond donors (Lipinski definition) is 2. The van der Waals surface area contributed by atoms with Crippen molar-refractivity contribution >= 4 is 11.7 Å². The first-order valence-corrected chi connectivity index (χ1v) is 4.81. The number of aliphatic hydroxyl groups excluding tert-OH is 1. The standard InChI is InChI=1S/C10H12N2O5.ClH/c1-17-10(14)8(11)9(13)6-4-2-3-5-7(6)12(15)16;/h2-5,8-9,13H,11H2,1H3;1H/t8-,9+;/m0./s1. The molecule has 7 nitrogen and oxygen atoms in total. The third-order valence-corrected chi connectivity index (χ3v) is 2.34. The third kappa shape index (κ3) is 3.39. The van der Waals surface area contributed by atoms with E-state index in [1.807, 2.05) is 0 Å². The van der Waals surface area contributed by atoms with E-state index in [1.165, 1.54) is 24.3 Å². The van der Waals surface area contributed by atoms with Gasteiger partial charge in [-0.05, 0) is 6.07 Å². The lowest BCUT2D eigenvalue weighted by atomic mass is 10.0. The van der Waals surface area contributed by atoms with Crippen LogP contribution in [0.3, 0.4) is 0 Å². The lowest BCUT2D eigenvalue weighted by molar-refractivity contribution is -0.428. The number of aliphatic hydroxyl groups is 1. The summed E-state index contributed by atoms with van der Waals surface area (Å²) in [6.07, 6.45) is -1.37. The van der Waals surface area contributed by atoms with Crippen LogP contribution in [-0.4, -0.2) is 29.2 Å². The van der Waals surface area contributed by atoms with Crippen LogP contribution in [0.5, 0.6) is 0 Å². The number of carbonyl (C=O) groups is 1. The van der Waals surface area contributed by atoms with Crippen LogP contribution in [0.2, 0.25) is 0 Å². The second-order valence-corrected chi connectivity index (χ2v) is 3.39. The topological polar surface area (TPSA) is 117 Å². The molecule has 2 atom stereocenters. The quantitative estimate of drug-likeness (QED) is 0.335. The van der Waals surface area contributed by atoms with Gasteiger partial charge < -0.3 is 28.0 Å². The first-order chi connectivity index (χ1) is 7.99. The van der Waals surface area contributed by atoms with E-state index >= 15 is 0 Å². The van der Waals surface area contributed by atoms with Gasteiger partial charge in [0.25, 0.3) is 5.69 Å². The molecule has 0 radical (unpaired) electrons. The number of para-hydroxylation sites is 1. The average Bonchev–Trinajstić information content (AvgIpc) is 2.35. The number of carbonyl (C=O) groups excluding carboxylic acids is 1. The van der Waals surface area contributed by atoms with E-state index in [2.05, 4.69) is 10.5 Å². The Kier molecular flexibility index (Phi) is 6.24. The molecule has 0 spiro atoms. The van der Waals surface area contributed by atoms with E-state index in [0.717, 1.165) is 7.11 Å². The first kappa shape index (κ1) is 16.3. The minimum atomic E-state index is -1.37. The molecule has 8 heteroatoms. The molecular weight excluding hydrogens is 264 g/mol. The predicted molar refractivity (Wildman–Crippen MR) is 56.7 cm³/mol. The number of esters is 1. The minimum absolute atomic E-state index is 0. The molecule has 100 valence electrons. The third-order valence-electron chi connectivity index (χ3n) is 2.34. The van der Waals surface area contributed by atoms with Crippen LogP contribution in [0.4, 0.5) is 5.69 Å². The van der Waals surface area contributed by atoms with E-state index in [0.29, 0.717) is 0 Å². The molecule has 1 aromatic carbocycles. The zero-order chi connectivity index (χ0) is 13.0. The molecule has 1 rings (SSSR count). The average molecular weight is 277 g/mol. The molecule has 0 unspecified atom stereocenters. The number of rotatable bonds is 4. The Morgan fingerprint density at radius 1 is 1.50 bits per heavy atom. The maximum absolute atomic E-state index is 11.2. The number of methoxy groups -OCH3 is 1. The summed E-state index contributed by atoms with van der Waals surface area (Å²) in [6.45, 7) is 0. The summed E-state index contributed by atoms with van der Waals surface area (Å²) < 4.78 is 4.42. The Hall–Kier alpha value is -1.70. The Morgan fingerprint density at radius 2 is 2.06 bits per heavy atom. The molecule has 18 heavy (non-hydrogen) atoms. The van der Waals surface area contributed by atoms with E-state index in [-0.39, 0.29) is 23.7 Å². The Labute approximate surface area is 109 Å². The fraction of sp³-hybridized carbons (Fsp3) is 0.300. The number of ether oxygens (including phenoxy) is 1. The van der Waals surface area contributed by atoms with Gasteiger partial charge in [0.05, 0.1) is 17.6 Å². The zero-order valence-corrected chi connectivity index (χ0v) is 10.3. The fourth-order valence-corrected chi connectivity index (χ4v) is 1.40. The van der Waals surface area contributed by atoms with Gasteiger partial charge in [-0.25, -0.2) is 4.79 Å². The van der Waals surface area contributed by atoms with Gasteiger partial charge in [-0.15, -0.1) is 0 Å². The largest absolute Gasteiger partial charge is 1.00 e. The number of benzene rings is 1. The van der Waals surface area contributed by atoms with Crippen LogP contribution in [0.1, 0.15) is 11.7 Å². The molecule has 0 amide bonds. The Balaban J connectivity index is 0.00000289. The van der Waals surface area contributed by atoms with Gasteiger partial charge >= 0.3 is 5.97 Å². The highest BCUT2D eigenvalue weighted by Gasteiger charge is 2.33. The molecule has 0 saturated carbocycles. The van der Waals surface area contributed by atoms with Crippen LogP contribution in [0.15, 0.2) is 24.3 Å². The molecule has 0 fully saturated rings. The van der Waals surface area contributed by atoms with Gasteiger partial charge in [0, 0.05) is 6.07 Å². The van der Waals surface area contributed by atoms with Crippen molar-refractivity contribution in [1.82, 2.24) is 0 Å². The summed E-state index contributed by atoms with van der Waals surface area (Å²) in [5.74, 6) is -0.726. The Bertz CT molecular complexity index is 440. The minimum Gasteiger partial charge on any atom is -1.00 e. The number of halogens is 1. The van der Waals surface area contributed by atoms with Crippen LogP contribution in [0.25, 0.3) is 0 Å². The number of nitro groups is 1. The number of hydrogen-bond acceptors (Lipinski definition) is 5. The van der Waals surface area contributed by atoms with Crippen molar-refractivity contribution in [1.29, 1.82) is 0 Å². The molecule has 0 aromatic heterocycles. The van der Waals surface area contributed by atoms with Gasteiger partial charge in [0.15, 0.2) is 0 Å². The molecule has 0 saturated heterocycles. The van der Waals surface area contributed by atoms with Gasteiger partial charge in [-0.3, -0.25) is 10.1 Å². The van der Waals surface area contributed by atoms with E-state index in [1.54, 1.807) is 0 Å². The predicted octanol–water partition coefficient (Wildman–Crippen LogP) is -3.58. The normalized spacial score (nSPS) is 13.1. The highest BCUT2D eigenvalue weighted by atomic mass is 35.5. The molecular formula is C10H13ClN2O5. The van der Waals surface area contributed by atoms with Crippen molar-refractivity contribution in [2.75, 3.05) is 7.11 Å². The van der Waals surface area contributed by atoms with Crippen molar-refractivity contribution in [3.05, 3.63) is 39.9 Å². The number of nitro benzene ring substituents is 1.